The van der Waals surface area contributed by atoms with Gasteiger partial charge in [-0.15, -0.1) is 0 Å². The van der Waals surface area contributed by atoms with E-state index in [2.05, 4.69) is 45.0 Å². The van der Waals surface area contributed by atoms with Crippen molar-refractivity contribution in [3.8, 4) is 0 Å². The highest BCUT2D eigenvalue weighted by Crippen LogP contribution is 2.16. The zero-order chi connectivity index (χ0) is 9.68. The molecule has 1 rings (SSSR count). The molecule has 0 saturated carbocycles. The molecule has 0 spiro atoms. The molecule has 72 valence electrons. The lowest BCUT2D eigenvalue weighted by Gasteiger charge is -2.11. The summed E-state index contributed by atoms with van der Waals surface area (Å²) >= 11 is 0. The molecule has 0 N–H and O–H groups in total. The van der Waals surface area contributed by atoms with Crippen molar-refractivity contribution >= 4 is 0 Å². The second-order valence-corrected chi connectivity index (χ2v) is 3.84. The molecule has 0 aliphatic rings. The van der Waals surface area contributed by atoms with Gasteiger partial charge in [-0.05, 0) is 29.9 Å². The van der Waals surface area contributed by atoms with Gasteiger partial charge in [0.15, 0.2) is 0 Å². The second kappa shape index (κ2) is 5.06. The molecule has 1 atom stereocenters. The van der Waals surface area contributed by atoms with Gasteiger partial charge in [0.25, 0.3) is 0 Å². The van der Waals surface area contributed by atoms with Gasteiger partial charge in [-0.3, -0.25) is 0 Å². The molecule has 1 aromatic carbocycles. The second-order valence-electron chi connectivity index (χ2n) is 3.84. The Labute approximate surface area is 82.0 Å². The monoisotopic (exact) mass is 176 g/mol. The van der Waals surface area contributed by atoms with E-state index in [-0.39, 0.29) is 0 Å². The van der Waals surface area contributed by atoms with Gasteiger partial charge in [0.2, 0.25) is 0 Å². The lowest BCUT2D eigenvalue weighted by atomic mass is 9.94. The zero-order valence-electron chi connectivity index (χ0n) is 9.01. The topological polar surface area (TPSA) is 0 Å². The lowest BCUT2D eigenvalue weighted by molar-refractivity contribution is 0.558. The van der Waals surface area contributed by atoms with Gasteiger partial charge >= 0.3 is 0 Å². The van der Waals surface area contributed by atoms with E-state index in [1.165, 1.54) is 18.4 Å². The molecule has 13 heavy (non-hydrogen) atoms. The molecule has 0 fully saturated rings. The van der Waals surface area contributed by atoms with Crippen LogP contribution in [0.5, 0.6) is 0 Å². The Balaban J connectivity index is 2.74. The largest absolute Gasteiger partial charge is 0.0651 e. The summed E-state index contributed by atoms with van der Waals surface area (Å²) in [6.07, 6.45) is 3.67. The summed E-state index contributed by atoms with van der Waals surface area (Å²) in [7, 11) is 0. The molecule has 0 unspecified atom stereocenters. The Hall–Kier alpha value is -0.780. The number of hydrogen-bond acceptors (Lipinski definition) is 0. The van der Waals surface area contributed by atoms with E-state index in [9.17, 15) is 0 Å². The maximum Gasteiger partial charge on any atom is -0.0250 e. The molecule has 0 amide bonds. The molecule has 0 nitrogen and oxygen atoms in total. The van der Waals surface area contributed by atoms with Crippen molar-refractivity contribution in [3.63, 3.8) is 0 Å². The van der Waals surface area contributed by atoms with Crippen LogP contribution in [-0.2, 0) is 12.8 Å². The zero-order valence-corrected chi connectivity index (χ0v) is 9.01. The van der Waals surface area contributed by atoms with E-state index in [1.807, 2.05) is 0 Å². The number of rotatable bonds is 4. The molecule has 0 heteroatoms. The minimum absolute atomic E-state index is 0.813. The summed E-state index contributed by atoms with van der Waals surface area (Å²) in [5.74, 6) is 0.813. The Morgan fingerprint density at radius 3 is 2.23 bits per heavy atom. The lowest BCUT2D eigenvalue weighted by Crippen LogP contribution is -2.00. The van der Waals surface area contributed by atoms with Gasteiger partial charge in [-0.25, -0.2) is 0 Å². The number of hydrogen-bond donors (Lipinski definition) is 0. The quantitative estimate of drug-likeness (QED) is 0.654. The third-order valence-corrected chi connectivity index (χ3v) is 2.76. The number of aryl methyl sites for hydroxylation is 1. The Kier molecular flexibility index (Phi) is 4.01. The predicted molar refractivity (Wildman–Crippen MR) is 59.0 cm³/mol. The van der Waals surface area contributed by atoms with Crippen molar-refractivity contribution < 1.29 is 0 Å². The standard InChI is InChI=1S/C13H20/c1-4-11(3)10-13-9-7-6-8-12(13)5-2/h6-9,11H,4-5,10H2,1-3H3/t11-/m0/s1. The van der Waals surface area contributed by atoms with Gasteiger partial charge < -0.3 is 0 Å². The van der Waals surface area contributed by atoms with Gasteiger partial charge in [-0.1, -0.05) is 51.5 Å². The summed E-state index contributed by atoms with van der Waals surface area (Å²) in [5.41, 5.74) is 3.06. The minimum Gasteiger partial charge on any atom is -0.0651 e. The molecule has 0 aliphatic carbocycles. The van der Waals surface area contributed by atoms with Gasteiger partial charge in [0.1, 0.15) is 0 Å². The predicted octanol–water partition coefficient (Wildman–Crippen LogP) is 3.84. The van der Waals surface area contributed by atoms with E-state index >= 15 is 0 Å². The molecule has 0 radical (unpaired) electrons. The van der Waals surface area contributed by atoms with Gasteiger partial charge in [-0.2, -0.15) is 0 Å². The summed E-state index contributed by atoms with van der Waals surface area (Å²) in [5, 5.41) is 0. The summed E-state index contributed by atoms with van der Waals surface area (Å²) in [4.78, 5) is 0. The first-order valence-corrected chi connectivity index (χ1v) is 5.34. The average molecular weight is 176 g/mol. The molecule has 1 aromatic rings. The maximum atomic E-state index is 2.33. The molecule has 0 bridgehead atoms. The van der Waals surface area contributed by atoms with Crippen molar-refractivity contribution in [2.45, 2.75) is 40.0 Å². The van der Waals surface area contributed by atoms with E-state index in [0.29, 0.717) is 0 Å². The van der Waals surface area contributed by atoms with Gasteiger partial charge in [0, 0.05) is 0 Å². The minimum atomic E-state index is 0.813. The molecular formula is C13H20. The highest BCUT2D eigenvalue weighted by atomic mass is 14.1. The van der Waals surface area contributed by atoms with Crippen molar-refractivity contribution in [2.75, 3.05) is 0 Å². The maximum absolute atomic E-state index is 2.33. The van der Waals surface area contributed by atoms with Crippen LogP contribution in [0.2, 0.25) is 0 Å². The fraction of sp³-hybridized carbons (Fsp3) is 0.538. The van der Waals surface area contributed by atoms with Crippen molar-refractivity contribution in [3.05, 3.63) is 35.4 Å². The molecule has 0 saturated heterocycles. The van der Waals surface area contributed by atoms with Crippen LogP contribution in [0.15, 0.2) is 24.3 Å². The summed E-state index contributed by atoms with van der Waals surface area (Å²) < 4.78 is 0. The molecule has 0 heterocycles. The smallest absolute Gasteiger partial charge is 0.0250 e. The highest BCUT2D eigenvalue weighted by molar-refractivity contribution is 5.27. The molecule has 0 aliphatic heterocycles. The van der Waals surface area contributed by atoms with Crippen molar-refractivity contribution in [1.29, 1.82) is 0 Å². The van der Waals surface area contributed by atoms with Crippen LogP contribution < -0.4 is 0 Å². The number of benzene rings is 1. The average Bonchev–Trinajstić information content (AvgIpc) is 2.18. The van der Waals surface area contributed by atoms with E-state index in [1.54, 1.807) is 5.56 Å². The van der Waals surface area contributed by atoms with Crippen LogP contribution in [0.3, 0.4) is 0 Å². The first kappa shape index (κ1) is 10.3. The highest BCUT2D eigenvalue weighted by Gasteiger charge is 2.03. The first-order chi connectivity index (χ1) is 6.27. The normalized spacial score (nSPS) is 12.8. The summed E-state index contributed by atoms with van der Waals surface area (Å²) in [6.45, 7) is 6.82. The molecular weight excluding hydrogens is 156 g/mol. The van der Waals surface area contributed by atoms with Crippen LogP contribution in [0.1, 0.15) is 38.3 Å². The third kappa shape index (κ3) is 2.87. The first-order valence-electron chi connectivity index (χ1n) is 5.34. The Morgan fingerprint density at radius 2 is 1.69 bits per heavy atom. The van der Waals surface area contributed by atoms with Crippen LogP contribution in [-0.4, -0.2) is 0 Å². The van der Waals surface area contributed by atoms with Gasteiger partial charge in [0.05, 0.1) is 0 Å². The van der Waals surface area contributed by atoms with Crippen molar-refractivity contribution in [2.24, 2.45) is 5.92 Å². The van der Waals surface area contributed by atoms with Crippen LogP contribution in [0, 0.1) is 5.92 Å². The van der Waals surface area contributed by atoms with Crippen LogP contribution in [0.25, 0.3) is 0 Å². The molecule has 0 aromatic heterocycles. The Morgan fingerprint density at radius 1 is 1.08 bits per heavy atom. The van der Waals surface area contributed by atoms with Crippen molar-refractivity contribution in [1.82, 2.24) is 0 Å². The van der Waals surface area contributed by atoms with Crippen LogP contribution >= 0.6 is 0 Å². The summed E-state index contributed by atoms with van der Waals surface area (Å²) in [6, 6.07) is 8.80. The van der Waals surface area contributed by atoms with E-state index in [4.69, 9.17) is 0 Å². The van der Waals surface area contributed by atoms with E-state index in [0.717, 1.165) is 12.3 Å². The fourth-order valence-corrected chi connectivity index (χ4v) is 1.62. The third-order valence-electron chi connectivity index (χ3n) is 2.76. The van der Waals surface area contributed by atoms with Crippen LogP contribution in [0.4, 0.5) is 0 Å². The van der Waals surface area contributed by atoms with E-state index < -0.39 is 0 Å². The SMILES string of the molecule is CCc1ccccc1C[C@@H](C)CC. The Bertz CT molecular complexity index is 250. The fourth-order valence-electron chi connectivity index (χ4n) is 1.62.